The fourth-order valence-electron chi connectivity index (χ4n) is 4.04. The van der Waals surface area contributed by atoms with Gasteiger partial charge in [0.05, 0.1) is 28.1 Å². The molecule has 166 valence electrons. The second-order valence-corrected chi connectivity index (χ2v) is 7.72. The third kappa shape index (κ3) is 3.76. The third-order valence-electron chi connectivity index (χ3n) is 5.54. The topological polar surface area (TPSA) is 114 Å². The normalized spacial score (nSPS) is 12.6. The van der Waals surface area contributed by atoms with Crippen molar-refractivity contribution in [3.05, 3.63) is 87.7 Å². The Hall–Kier alpha value is -4.33. The lowest BCUT2D eigenvalue weighted by molar-refractivity contribution is 0.0473. The smallest absolute Gasteiger partial charge is 0.338 e. The summed E-state index contributed by atoms with van der Waals surface area (Å²) in [7, 11) is 0. The summed E-state index contributed by atoms with van der Waals surface area (Å²) >= 11 is 0. The van der Waals surface area contributed by atoms with Crippen molar-refractivity contribution in [1.29, 1.82) is 0 Å². The Morgan fingerprint density at radius 1 is 0.939 bits per heavy atom. The minimum atomic E-state index is -0.783. The van der Waals surface area contributed by atoms with E-state index >= 15 is 0 Å². The van der Waals surface area contributed by atoms with Crippen LogP contribution in [0, 0.1) is 13.8 Å². The van der Waals surface area contributed by atoms with Crippen LogP contribution in [0.25, 0.3) is 0 Å². The van der Waals surface area contributed by atoms with Crippen LogP contribution >= 0.6 is 0 Å². The van der Waals surface area contributed by atoms with E-state index < -0.39 is 30.2 Å². The number of aryl methyl sites for hydroxylation is 1. The zero-order valence-corrected chi connectivity index (χ0v) is 18.2. The highest BCUT2D eigenvalue weighted by Crippen LogP contribution is 2.29. The zero-order valence-electron chi connectivity index (χ0n) is 18.2. The van der Waals surface area contributed by atoms with E-state index in [4.69, 9.17) is 4.74 Å². The molecule has 0 atom stereocenters. The standard InChI is InChI=1S/C25H20N2O6/c1-13-21(15(3)28)14(2)26-22(13)20(29)12-33-25(32)16-7-6-8-17(11-16)27-23(30)18-9-4-5-10-19(18)24(27)31/h4-11,26H,12H2,1-3H3. The summed E-state index contributed by atoms with van der Waals surface area (Å²) < 4.78 is 5.16. The number of nitrogens with zero attached hydrogens (tertiary/aromatic N) is 1. The second kappa shape index (κ2) is 8.31. The van der Waals surface area contributed by atoms with Crippen LogP contribution in [0.3, 0.4) is 0 Å². The lowest BCUT2D eigenvalue weighted by Gasteiger charge is -2.14. The molecule has 2 amide bonds. The highest BCUT2D eigenvalue weighted by molar-refractivity contribution is 6.34. The van der Waals surface area contributed by atoms with Crippen molar-refractivity contribution in [1.82, 2.24) is 4.98 Å². The summed E-state index contributed by atoms with van der Waals surface area (Å²) in [5.41, 5.74) is 2.63. The van der Waals surface area contributed by atoms with Gasteiger partial charge >= 0.3 is 5.97 Å². The van der Waals surface area contributed by atoms with Crippen molar-refractivity contribution in [3.8, 4) is 0 Å². The average molecular weight is 444 g/mol. The Morgan fingerprint density at radius 2 is 1.58 bits per heavy atom. The van der Waals surface area contributed by atoms with Gasteiger partial charge in [-0.25, -0.2) is 9.69 Å². The molecule has 4 rings (SSSR count). The number of esters is 1. The molecule has 33 heavy (non-hydrogen) atoms. The number of benzene rings is 2. The zero-order chi connectivity index (χ0) is 23.9. The SMILES string of the molecule is CC(=O)c1c(C)[nH]c(C(=O)COC(=O)c2cccc(N3C(=O)c4ccccc4C3=O)c2)c1C. The van der Waals surface area contributed by atoms with E-state index in [2.05, 4.69) is 4.98 Å². The van der Waals surface area contributed by atoms with Crippen molar-refractivity contribution in [2.45, 2.75) is 20.8 Å². The number of nitrogens with one attached hydrogen (secondary N) is 1. The highest BCUT2D eigenvalue weighted by atomic mass is 16.5. The van der Waals surface area contributed by atoms with Crippen molar-refractivity contribution in [3.63, 3.8) is 0 Å². The molecule has 3 aromatic rings. The highest BCUT2D eigenvalue weighted by Gasteiger charge is 2.36. The lowest BCUT2D eigenvalue weighted by Crippen LogP contribution is -2.29. The number of hydrogen-bond donors (Lipinski definition) is 1. The summed E-state index contributed by atoms with van der Waals surface area (Å²) in [6.45, 7) is 4.23. The van der Waals surface area contributed by atoms with E-state index in [1.54, 1.807) is 38.1 Å². The number of aromatic amines is 1. The Balaban J connectivity index is 1.50. The molecule has 1 aliphatic heterocycles. The van der Waals surface area contributed by atoms with E-state index in [1.807, 2.05) is 0 Å². The van der Waals surface area contributed by atoms with Crippen LogP contribution in [0.15, 0.2) is 48.5 Å². The first-order chi connectivity index (χ1) is 15.7. The van der Waals surface area contributed by atoms with E-state index in [0.717, 1.165) is 4.90 Å². The van der Waals surface area contributed by atoms with E-state index in [0.29, 0.717) is 27.9 Å². The fraction of sp³-hybridized carbons (Fsp3) is 0.160. The summed E-state index contributed by atoms with van der Waals surface area (Å²) in [5, 5.41) is 0. The van der Waals surface area contributed by atoms with Gasteiger partial charge in [-0.2, -0.15) is 0 Å². The summed E-state index contributed by atoms with van der Waals surface area (Å²) in [4.78, 5) is 66.1. The van der Waals surface area contributed by atoms with Crippen LogP contribution in [0.5, 0.6) is 0 Å². The number of hydrogen-bond acceptors (Lipinski definition) is 6. The number of Topliss-reactive ketones (excluding diaryl/α,β-unsaturated/α-hetero) is 2. The number of carbonyl (C=O) groups excluding carboxylic acids is 5. The number of anilines is 1. The van der Waals surface area contributed by atoms with Gasteiger partial charge in [0.2, 0.25) is 5.78 Å². The van der Waals surface area contributed by atoms with Gasteiger partial charge in [-0.1, -0.05) is 18.2 Å². The average Bonchev–Trinajstić information content (AvgIpc) is 3.24. The molecule has 1 N–H and O–H groups in total. The lowest BCUT2D eigenvalue weighted by atomic mass is 10.1. The molecule has 2 heterocycles. The molecule has 0 bridgehead atoms. The van der Waals surface area contributed by atoms with Gasteiger partial charge in [-0.05, 0) is 56.7 Å². The van der Waals surface area contributed by atoms with Crippen LogP contribution in [-0.2, 0) is 4.74 Å². The molecular formula is C25H20N2O6. The van der Waals surface area contributed by atoms with Gasteiger partial charge in [0.25, 0.3) is 11.8 Å². The monoisotopic (exact) mass is 444 g/mol. The largest absolute Gasteiger partial charge is 0.454 e. The molecular weight excluding hydrogens is 424 g/mol. The van der Waals surface area contributed by atoms with Gasteiger partial charge in [-0.15, -0.1) is 0 Å². The quantitative estimate of drug-likeness (QED) is 0.353. The maximum Gasteiger partial charge on any atom is 0.338 e. The molecule has 0 saturated heterocycles. The van der Waals surface area contributed by atoms with Gasteiger partial charge in [0.1, 0.15) is 0 Å². The summed E-state index contributed by atoms with van der Waals surface area (Å²) in [6.07, 6.45) is 0. The number of amides is 2. The van der Waals surface area contributed by atoms with Gasteiger partial charge in [0, 0.05) is 11.3 Å². The first-order valence-electron chi connectivity index (χ1n) is 10.2. The van der Waals surface area contributed by atoms with Crippen LogP contribution < -0.4 is 4.90 Å². The van der Waals surface area contributed by atoms with Crippen molar-refractivity contribution in [2.75, 3.05) is 11.5 Å². The molecule has 0 radical (unpaired) electrons. The summed E-state index contributed by atoms with van der Waals surface area (Å²) in [6, 6.07) is 12.4. The first kappa shape index (κ1) is 21.9. The molecule has 8 nitrogen and oxygen atoms in total. The number of aromatic nitrogens is 1. The Bertz CT molecular complexity index is 1320. The van der Waals surface area contributed by atoms with Gasteiger partial charge in [0.15, 0.2) is 12.4 Å². The van der Waals surface area contributed by atoms with E-state index in [9.17, 15) is 24.0 Å². The number of carbonyl (C=O) groups is 5. The third-order valence-corrected chi connectivity index (χ3v) is 5.54. The molecule has 1 aliphatic rings. The first-order valence-corrected chi connectivity index (χ1v) is 10.2. The molecule has 0 spiro atoms. The van der Waals surface area contributed by atoms with Crippen LogP contribution in [0.4, 0.5) is 5.69 Å². The minimum absolute atomic E-state index is 0.0840. The predicted molar refractivity (Wildman–Crippen MR) is 119 cm³/mol. The molecule has 1 aromatic heterocycles. The molecule has 0 unspecified atom stereocenters. The van der Waals surface area contributed by atoms with Crippen LogP contribution in [-0.4, -0.2) is 40.9 Å². The fourth-order valence-corrected chi connectivity index (χ4v) is 4.04. The number of H-pyrrole nitrogens is 1. The van der Waals surface area contributed by atoms with Crippen molar-refractivity contribution in [2.24, 2.45) is 0 Å². The number of ketones is 2. The van der Waals surface area contributed by atoms with Crippen LogP contribution in [0.2, 0.25) is 0 Å². The number of rotatable bonds is 6. The van der Waals surface area contributed by atoms with Crippen molar-refractivity contribution < 1.29 is 28.7 Å². The number of ether oxygens (including phenoxy) is 1. The molecule has 0 saturated carbocycles. The Labute approximate surface area is 189 Å². The number of imide groups is 1. The van der Waals surface area contributed by atoms with E-state index in [1.165, 1.54) is 31.2 Å². The summed E-state index contributed by atoms with van der Waals surface area (Å²) in [5.74, 6) is -2.38. The maximum atomic E-state index is 12.7. The molecule has 0 aliphatic carbocycles. The van der Waals surface area contributed by atoms with Gasteiger partial charge in [-0.3, -0.25) is 19.2 Å². The number of fused-ring (bicyclic) bond motifs is 1. The van der Waals surface area contributed by atoms with Crippen molar-refractivity contribution >= 4 is 35.0 Å². The predicted octanol–water partition coefficient (Wildman–Crippen LogP) is 3.67. The molecule has 2 aromatic carbocycles. The molecule has 8 heteroatoms. The van der Waals surface area contributed by atoms with Gasteiger partial charge < -0.3 is 9.72 Å². The maximum absolute atomic E-state index is 12.7. The minimum Gasteiger partial charge on any atom is -0.454 e. The second-order valence-electron chi connectivity index (χ2n) is 7.72. The van der Waals surface area contributed by atoms with Crippen LogP contribution in [0.1, 0.15) is 70.1 Å². The Morgan fingerprint density at radius 3 is 2.15 bits per heavy atom. The molecule has 0 fully saturated rings. The van der Waals surface area contributed by atoms with E-state index in [-0.39, 0.29) is 22.7 Å². The Kier molecular flexibility index (Phi) is 5.51.